The molecule has 0 aromatic heterocycles. The first-order valence-electron chi connectivity index (χ1n) is 5.39. The molecule has 0 aliphatic carbocycles. The predicted molar refractivity (Wildman–Crippen MR) is 70.1 cm³/mol. The van der Waals surface area contributed by atoms with E-state index in [2.05, 4.69) is 0 Å². The van der Waals surface area contributed by atoms with Crippen molar-refractivity contribution in [2.24, 2.45) is 0 Å². The number of methoxy groups -OCH3 is 1. The van der Waals surface area contributed by atoms with E-state index in [1.165, 1.54) is 14.2 Å². The molecule has 0 saturated carbocycles. The number of hydrogen-bond acceptors (Lipinski definition) is 4. The first kappa shape index (κ1) is 16.8. The molecule has 112 valence electrons. The van der Waals surface area contributed by atoms with Crippen LogP contribution in [0.1, 0.15) is 10.4 Å². The predicted octanol–water partition coefficient (Wildman–Crippen LogP) is 1.44. The quantitative estimate of drug-likeness (QED) is 0.855. The number of rotatable bonds is 6. The van der Waals surface area contributed by atoms with Gasteiger partial charge in [0.2, 0.25) is 10.0 Å². The van der Waals surface area contributed by atoms with Crippen molar-refractivity contribution in [1.82, 2.24) is 4.31 Å². The van der Waals surface area contributed by atoms with E-state index in [1.54, 1.807) is 0 Å². The number of ether oxygens (including phenoxy) is 1. The fourth-order valence-corrected chi connectivity index (χ4v) is 2.85. The van der Waals surface area contributed by atoms with Gasteiger partial charge in [-0.3, -0.25) is 0 Å². The maximum Gasteiger partial charge on any atom is 0.337 e. The highest BCUT2D eigenvalue weighted by atomic mass is 35.5. The summed E-state index contributed by atoms with van der Waals surface area (Å²) in [4.78, 5) is 10.2. The van der Waals surface area contributed by atoms with Crippen molar-refractivity contribution < 1.29 is 27.4 Å². The molecule has 0 atom stereocenters. The molecule has 0 amide bonds. The standard InChI is InChI=1S/C11H13ClFNO5S/c1-14(3-4-19-2)20(17,18)10-5-7(11(15)16)8(12)6-9(10)13/h5-6H,3-4H2,1-2H3,(H,15,16). The fourth-order valence-electron chi connectivity index (χ4n) is 1.40. The fraction of sp³-hybridized carbons (Fsp3) is 0.364. The van der Waals surface area contributed by atoms with Gasteiger partial charge in [0.25, 0.3) is 0 Å². The molecule has 0 aliphatic heterocycles. The van der Waals surface area contributed by atoms with Crippen molar-refractivity contribution in [3.63, 3.8) is 0 Å². The van der Waals surface area contributed by atoms with E-state index in [-0.39, 0.29) is 18.2 Å². The van der Waals surface area contributed by atoms with E-state index in [0.29, 0.717) is 12.1 Å². The summed E-state index contributed by atoms with van der Waals surface area (Å²) in [5, 5.41) is 8.52. The Labute approximate surface area is 120 Å². The minimum atomic E-state index is -4.16. The first-order chi connectivity index (χ1) is 9.21. The number of aromatic carboxylic acids is 1. The van der Waals surface area contributed by atoms with Crippen molar-refractivity contribution in [2.75, 3.05) is 27.3 Å². The summed E-state index contributed by atoms with van der Waals surface area (Å²) in [6, 6.07) is 1.38. The van der Waals surface area contributed by atoms with Crippen molar-refractivity contribution in [3.8, 4) is 0 Å². The molecule has 0 unspecified atom stereocenters. The average molecular weight is 326 g/mol. The molecule has 1 aromatic carbocycles. The molecule has 0 fully saturated rings. The Morgan fingerprint density at radius 2 is 2.10 bits per heavy atom. The molecule has 0 radical (unpaired) electrons. The number of carboxylic acid groups (broad SMARTS) is 1. The minimum Gasteiger partial charge on any atom is -0.478 e. The van der Waals surface area contributed by atoms with Crippen molar-refractivity contribution in [1.29, 1.82) is 0 Å². The molecule has 6 nitrogen and oxygen atoms in total. The monoisotopic (exact) mass is 325 g/mol. The number of benzene rings is 1. The Bertz CT molecular complexity index is 619. The Morgan fingerprint density at radius 3 is 2.60 bits per heavy atom. The number of sulfonamides is 1. The van der Waals surface area contributed by atoms with Crippen molar-refractivity contribution in [3.05, 3.63) is 28.5 Å². The van der Waals surface area contributed by atoms with Crippen LogP contribution >= 0.6 is 11.6 Å². The number of hydrogen-bond donors (Lipinski definition) is 1. The Balaban J connectivity index is 3.31. The minimum absolute atomic E-state index is 0.00328. The van der Waals surface area contributed by atoms with E-state index < -0.39 is 32.3 Å². The maximum atomic E-state index is 13.8. The van der Waals surface area contributed by atoms with Gasteiger partial charge < -0.3 is 9.84 Å². The summed E-state index contributed by atoms with van der Waals surface area (Å²) >= 11 is 5.56. The summed E-state index contributed by atoms with van der Waals surface area (Å²) in [5.74, 6) is -2.55. The van der Waals surface area contributed by atoms with Crippen LogP contribution in [-0.2, 0) is 14.8 Å². The first-order valence-corrected chi connectivity index (χ1v) is 7.21. The number of likely N-dealkylation sites (N-methyl/N-ethyl adjacent to an activating group) is 1. The molecule has 1 aromatic rings. The topological polar surface area (TPSA) is 83.9 Å². The van der Waals surface area contributed by atoms with Crippen molar-refractivity contribution in [2.45, 2.75) is 4.90 Å². The van der Waals surface area contributed by atoms with Gasteiger partial charge in [-0.25, -0.2) is 17.6 Å². The molecule has 0 aliphatic rings. The summed E-state index contributed by atoms with van der Waals surface area (Å²) in [6.45, 7) is 0.125. The number of carbonyl (C=O) groups is 1. The molecule has 0 spiro atoms. The van der Waals surface area contributed by atoms with E-state index in [1.807, 2.05) is 0 Å². The lowest BCUT2D eigenvalue weighted by Gasteiger charge is -2.17. The second-order valence-corrected chi connectivity index (χ2v) is 6.31. The third-order valence-corrected chi connectivity index (χ3v) is 4.74. The number of halogens is 2. The Kier molecular flexibility index (Phi) is 5.46. The molecular formula is C11H13ClFNO5S. The van der Waals surface area contributed by atoms with Gasteiger partial charge in [-0.05, 0) is 12.1 Å². The van der Waals surface area contributed by atoms with Gasteiger partial charge in [0.05, 0.1) is 17.2 Å². The largest absolute Gasteiger partial charge is 0.478 e. The summed E-state index contributed by atoms with van der Waals surface area (Å²) in [7, 11) is -1.52. The maximum absolute atomic E-state index is 13.8. The van der Waals surface area contributed by atoms with Gasteiger partial charge in [-0.1, -0.05) is 11.6 Å². The smallest absolute Gasteiger partial charge is 0.337 e. The molecule has 1 N–H and O–H groups in total. The normalized spacial score (nSPS) is 11.8. The SMILES string of the molecule is COCCN(C)S(=O)(=O)c1cc(C(=O)O)c(Cl)cc1F. The zero-order chi connectivity index (χ0) is 15.5. The van der Waals surface area contributed by atoms with Crippen LogP contribution in [0.25, 0.3) is 0 Å². The zero-order valence-corrected chi connectivity index (χ0v) is 12.3. The zero-order valence-electron chi connectivity index (χ0n) is 10.8. The lowest BCUT2D eigenvalue weighted by molar-refractivity contribution is 0.0696. The second-order valence-electron chi connectivity index (χ2n) is 3.89. The highest BCUT2D eigenvalue weighted by Crippen LogP contribution is 2.25. The molecule has 1 rings (SSSR count). The van der Waals surface area contributed by atoms with Crippen LogP contribution in [-0.4, -0.2) is 51.1 Å². The molecule has 0 saturated heterocycles. The van der Waals surface area contributed by atoms with Gasteiger partial charge in [0, 0.05) is 20.7 Å². The summed E-state index contributed by atoms with van der Waals surface area (Å²) in [5.41, 5.74) is -0.480. The van der Waals surface area contributed by atoms with Crippen LogP contribution in [0.3, 0.4) is 0 Å². The third kappa shape index (κ3) is 3.45. The van der Waals surface area contributed by atoms with Gasteiger partial charge >= 0.3 is 5.97 Å². The van der Waals surface area contributed by atoms with Gasteiger partial charge in [0.1, 0.15) is 10.7 Å². The van der Waals surface area contributed by atoms with E-state index in [9.17, 15) is 17.6 Å². The molecule has 0 bridgehead atoms. The van der Waals surface area contributed by atoms with Crippen LogP contribution < -0.4 is 0 Å². The number of carboxylic acids is 1. The van der Waals surface area contributed by atoms with E-state index >= 15 is 0 Å². The highest BCUT2D eigenvalue weighted by molar-refractivity contribution is 7.89. The van der Waals surface area contributed by atoms with Crippen LogP contribution in [0.5, 0.6) is 0 Å². The van der Waals surface area contributed by atoms with E-state index in [4.69, 9.17) is 21.4 Å². The molecule has 9 heteroatoms. The molecular weight excluding hydrogens is 313 g/mol. The van der Waals surface area contributed by atoms with Crippen LogP contribution in [0.2, 0.25) is 5.02 Å². The molecule has 0 heterocycles. The van der Waals surface area contributed by atoms with Gasteiger partial charge in [0.15, 0.2) is 0 Å². The van der Waals surface area contributed by atoms with Crippen molar-refractivity contribution >= 4 is 27.6 Å². The summed E-state index contributed by atoms with van der Waals surface area (Å²) in [6.07, 6.45) is 0. The Morgan fingerprint density at radius 1 is 1.50 bits per heavy atom. The average Bonchev–Trinajstić information content (AvgIpc) is 2.34. The summed E-state index contributed by atoms with van der Waals surface area (Å²) < 4.78 is 43.6. The third-order valence-electron chi connectivity index (χ3n) is 2.55. The molecule has 20 heavy (non-hydrogen) atoms. The highest BCUT2D eigenvalue weighted by Gasteiger charge is 2.27. The second kappa shape index (κ2) is 6.49. The van der Waals surface area contributed by atoms with E-state index in [0.717, 1.165) is 4.31 Å². The van der Waals surface area contributed by atoms with Crippen LogP contribution in [0.15, 0.2) is 17.0 Å². The van der Waals surface area contributed by atoms with Gasteiger partial charge in [-0.2, -0.15) is 4.31 Å². The lowest BCUT2D eigenvalue weighted by Crippen LogP contribution is -2.31. The Hall–Kier alpha value is -1.22. The van der Waals surface area contributed by atoms with Crippen LogP contribution in [0, 0.1) is 5.82 Å². The van der Waals surface area contributed by atoms with Gasteiger partial charge in [-0.15, -0.1) is 0 Å². The van der Waals surface area contributed by atoms with Crippen LogP contribution in [0.4, 0.5) is 4.39 Å². The number of nitrogens with zero attached hydrogens (tertiary/aromatic N) is 1. The lowest BCUT2D eigenvalue weighted by atomic mass is 10.2.